The zero-order valence-electron chi connectivity index (χ0n) is 24.8. The van der Waals surface area contributed by atoms with Crippen molar-refractivity contribution in [1.29, 1.82) is 5.26 Å². The maximum atomic E-state index is 16.5. The molecule has 8 nitrogen and oxygen atoms in total. The summed E-state index contributed by atoms with van der Waals surface area (Å²) in [6, 6.07) is 21.3. The number of rotatable bonds is 5. The van der Waals surface area contributed by atoms with Gasteiger partial charge in [0.15, 0.2) is 5.82 Å². The van der Waals surface area contributed by atoms with E-state index in [0.29, 0.717) is 42.7 Å². The fourth-order valence-corrected chi connectivity index (χ4v) is 6.76. The molecule has 2 atom stereocenters. The Morgan fingerprint density at radius 3 is 2.57 bits per heavy atom. The second kappa shape index (κ2) is 10.9. The highest BCUT2D eigenvalue weighted by molar-refractivity contribution is 6.12. The Balaban J connectivity index is 1.31. The molecular weight excluding hydrogens is 555 g/mol. The van der Waals surface area contributed by atoms with E-state index in [1.165, 1.54) is 0 Å². The molecular formula is C35H31FN6O2. The number of anilines is 2. The van der Waals surface area contributed by atoms with E-state index in [2.05, 4.69) is 20.9 Å². The highest BCUT2D eigenvalue weighted by Gasteiger charge is 2.44. The molecule has 3 aromatic carbocycles. The number of nitrogens with zero attached hydrogens (tertiary/aromatic N) is 6. The number of benzene rings is 3. The minimum absolute atomic E-state index is 0.0647. The van der Waals surface area contributed by atoms with Crippen LogP contribution in [-0.2, 0) is 11.3 Å². The number of hydrogen-bond donors (Lipinski definition) is 0. The van der Waals surface area contributed by atoms with E-state index in [1.54, 1.807) is 31.5 Å². The second-order valence-corrected chi connectivity index (χ2v) is 11.5. The van der Waals surface area contributed by atoms with E-state index in [1.807, 2.05) is 72.5 Å². The van der Waals surface area contributed by atoms with E-state index in [4.69, 9.17) is 4.74 Å². The number of carbonyl (C=O) groups is 1. The van der Waals surface area contributed by atoms with Gasteiger partial charge in [0, 0.05) is 49.9 Å². The van der Waals surface area contributed by atoms with Crippen LogP contribution in [0.3, 0.4) is 0 Å². The molecule has 2 aromatic heterocycles. The number of amides is 1. The van der Waals surface area contributed by atoms with Gasteiger partial charge in [0.05, 0.1) is 37.2 Å². The Morgan fingerprint density at radius 1 is 1.05 bits per heavy atom. The van der Waals surface area contributed by atoms with Crippen LogP contribution in [0.4, 0.5) is 15.8 Å². The number of likely N-dealkylation sites (N-methyl/N-ethyl adjacent to an activating group) is 1. The molecule has 5 aromatic rings. The van der Waals surface area contributed by atoms with Crippen LogP contribution in [0.15, 0.2) is 73.1 Å². The van der Waals surface area contributed by atoms with Gasteiger partial charge < -0.3 is 14.5 Å². The van der Waals surface area contributed by atoms with E-state index in [9.17, 15) is 10.1 Å². The Bertz CT molecular complexity index is 1970. The van der Waals surface area contributed by atoms with Crippen molar-refractivity contribution in [3.05, 3.63) is 90.0 Å². The van der Waals surface area contributed by atoms with Gasteiger partial charge in [0.2, 0.25) is 0 Å². The Hall–Kier alpha value is -5.07. The number of fused-ring (bicyclic) bond motifs is 6. The minimum atomic E-state index is -0.505. The van der Waals surface area contributed by atoms with Crippen LogP contribution in [0.25, 0.3) is 32.9 Å². The van der Waals surface area contributed by atoms with Crippen molar-refractivity contribution in [2.24, 2.45) is 0 Å². The quantitative estimate of drug-likeness (QED) is 0.255. The molecule has 9 heteroatoms. The largest absolute Gasteiger partial charge is 0.497 e. The number of carbonyl (C=O) groups excluding carboxylic acids is 1. The molecule has 2 aliphatic rings. The summed E-state index contributed by atoms with van der Waals surface area (Å²) < 4.78 is 21.8. The molecule has 44 heavy (non-hydrogen) atoms. The number of aromatic nitrogens is 2. The normalized spacial score (nSPS) is 18.3. The number of hydrogen-bond acceptors (Lipinski definition) is 7. The smallest absolute Gasteiger partial charge is 0.250 e. The molecule has 0 bridgehead atoms. The van der Waals surface area contributed by atoms with Crippen molar-refractivity contribution >= 4 is 39.0 Å². The Morgan fingerprint density at radius 2 is 1.82 bits per heavy atom. The van der Waals surface area contributed by atoms with E-state index >= 15 is 4.39 Å². The molecule has 1 saturated heterocycles. The fraction of sp³-hybridized carbons (Fsp3) is 0.257. The van der Waals surface area contributed by atoms with Gasteiger partial charge in [-0.05, 0) is 41.0 Å². The number of halogens is 1. The van der Waals surface area contributed by atoms with Gasteiger partial charge in [-0.1, -0.05) is 48.5 Å². The van der Waals surface area contributed by atoms with Gasteiger partial charge in [0.25, 0.3) is 5.91 Å². The van der Waals surface area contributed by atoms with Crippen LogP contribution in [0.5, 0.6) is 5.75 Å². The first-order valence-electron chi connectivity index (χ1n) is 14.6. The molecule has 7 rings (SSSR count). The van der Waals surface area contributed by atoms with E-state index < -0.39 is 11.9 Å². The monoisotopic (exact) mass is 586 g/mol. The average molecular weight is 587 g/mol. The summed E-state index contributed by atoms with van der Waals surface area (Å²) in [6.45, 7) is 3.46. The molecule has 2 unspecified atom stereocenters. The first kappa shape index (κ1) is 27.7. The average Bonchev–Trinajstić information content (AvgIpc) is 3.04. The van der Waals surface area contributed by atoms with Gasteiger partial charge in [0.1, 0.15) is 23.0 Å². The summed E-state index contributed by atoms with van der Waals surface area (Å²) in [5, 5.41) is 12.3. The van der Waals surface area contributed by atoms with Crippen molar-refractivity contribution in [3.63, 3.8) is 0 Å². The van der Waals surface area contributed by atoms with Gasteiger partial charge in [-0.25, -0.2) is 4.39 Å². The van der Waals surface area contributed by atoms with Gasteiger partial charge in [-0.15, -0.1) is 0 Å². The third kappa shape index (κ3) is 4.41. The van der Waals surface area contributed by atoms with E-state index in [-0.39, 0.29) is 23.2 Å². The van der Waals surface area contributed by atoms with Crippen molar-refractivity contribution in [3.8, 4) is 23.1 Å². The zero-order valence-corrected chi connectivity index (χ0v) is 24.8. The summed E-state index contributed by atoms with van der Waals surface area (Å²) in [6.07, 6.45) is 3.55. The summed E-state index contributed by atoms with van der Waals surface area (Å²) >= 11 is 0. The third-order valence-electron chi connectivity index (χ3n) is 9.02. The van der Waals surface area contributed by atoms with Gasteiger partial charge in [-0.3, -0.25) is 19.7 Å². The van der Waals surface area contributed by atoms with Crippen molar-refractivity contribution in [2.45, 2.75) is 32.0 Å². The lowest BCUT2D eigenvalue weighted by molar-refractivity contribution is -0.121. The SMILES string of the molecule is COc1ccc(CN2CC3C(=O)N(C)c4cnc5c(F)c(-c6cccc7cccc(C)c67)ncc5c4N3CC2CC#N)cc1. The number of aryl methyl sites for hydroxylation is 1. The molecule has 4 heterocycles. The van der Waals surface area contributed by atoms with Crippen LogP contribution >= 0.6 is 0 Å². The summed E-state index contributed by atoms with van der Waals surface area (Å²) in [5.41, 5.74) is 4.60. The van der Waals surface area contributed by atoms with Gasteiger partial charge >= 0.3 is 0 Å². The molecule has 220 valence electrons. The standard InChI is InChI=1S/C35H31FN6O2/c1-21-6-4-7-23-8-5-9-26(30(21)23)32-31(36)33-27(16-38-32)34-28(17-39-33)40(2)35(43)29-20-41(24(14-15-37)19-42(29)34)18-22-10-12-25(44-3)13-11-22/h4-13,16-17,24,29H,14,18-20H2,1-3H3. The lowest BCUT2D eigenvalue weighted by Gasteiger charge is -2.50. The molecule has 0 saturated carbocycles. The third-order valence-corrected chi connectivity index (χ3v) is 9.02. The molecule has 0 spiro atoms. The number of nitriles is 1. The first-order chi connectivity index (χ1) is 21.4. The highest BCUT2D eigenvalue weighted by Crippen LogP contribution is 2.44. The Kier molecular flexibility index (Phi) is 6.87. The lowest BCUT2D eigenvalue weighted by Crippen LogP contribution is -2.65. The fourth-order valence-electron chi connectivity index (χ4n) is 6.76. The minimum Gasteiger partial charge on any atom is -0.497 e. The van der Waals surface area contributed by atoms with Crippen molar-refractivity contribution in [1.82, 2.24) is 14.9 Å². The zero-order chi connectivity index (χ0) is 30.5. The first-order valence-corrected chi connectivity index (χ1v) is 14.6. The molecule has 0 radical (unpaired) electrons. The summed E-state index contributed by atoms with van der Waals surface area (Å²) in [4.78, 5) is 28.8. The van der Waals surface area contributed by atoms with Crippen LogP contribution in [-0.4, -0.2) is 60.1 Å². The van der Waals surface area contributed by atoms with Crippen LogP contribution in [0, 0.1) is 24.1 Å². The maximum absolute atomic E-state index is 16.5. The van der Waals surface area contributed by atoms with Crippen LogP contribution in [0.1, 0.15) is 17.5 Å². The van der Waals surface area contributed by atoms with Crippen molar-refractivity contribution in [2.75, 3.05) is 37.0 Å². The molecule has 2 aliphatic heterocycles. The van der Waals surface area contributed by atoms with Crippen molar-refractivity contribution < 1.29 is 13.9 Å². The highest BCUT2D eigenvalue weighted by atomic mass is 19.1. The number of pyridine rings is 2. The number of ether oxygens (including phenoxy) is 1. The van der Waals surface area contributed by atoms with Gasteiger partial charge in [-0.2, -0.15) is 5.26 Å². The summed E-state index contributed by atoms with van der Waals surface area (Å²) in [7, 11) is 3.37. The second-order valence-electron chi connectivity index (χ2n) is 11.5. The van der Waals surface area contributed by atoms with Crippen LogP contribution < -0.4 is 14.5 Å². The molecule has 1 amide bonds. The predicted octanol–water partition coefficient (Wildman–Crippen LogP) is 5.86. The maximum Gasteiger partial charge on any atom is 0.250 e. The molecule has 0 N–H and O–H groups in total. The van der Waals surface area contributed by atoms with E-state index in [0.717, 1.165) is 33.3 Å². The topological polar surface area (TPSA) is 85.6 Å². The molecule has 0 aliphatic carbocycles. The number of piperazine rings is 1. The molecule has 1 fully saturated rings. The lowest BCUT2D eigenvalue weighted by atomic mass is 9.95. The predicted molar refractivity (Wildman–Crippen MR) is 169 cm³/mol. The summed E-state index contributed by atoms with van der Waals surface area (Å²) in [5.74, 6) is 0.210. The number of methoxy groups -OCH3 is 1. The van der Waals surface area contributed by atoms with Crippen LogP contribution in [0.2, 0.25) is 0 Å². The Labute approximate surface area is 254 Å².